The highest BCUT2D eigenvalue weighted by Gasteiger charge is 2.21. The normalized spacial score (nSPS) is 21.5. The van der Waals surface area contributed by atoms with Crippen molar-refractivity contribution in [1.29, 1.82) is 0 Å². The summed E-state index contributed by atoms with van der Waals surface area (Å²) in [4.78, 5) is 13.8. The van der Waals surface area contributed by atoms with E-state index >= 15 is 0 Å². The molecule has 1 saturated heterocycles. The van der Waals surface area contributed by atoms with Gasteiger partial charge in [-0.05, 0) is 39.7 Å². The number of carbonyl (C=O) groups excluding carboxylic acids is 1. The van der Waals surface area contributed by atoms with Gasteiger partial charge in [0.05, 0.1) is 0 Å². The Morgan fingerprint density at radius 2 is 2.18 bits per heavy atom. The Bertz CT molecular complexity index is 248. The lowest BCUT2D eigenvalue weighted by Gasteiger charge is -2.21. The molecule has 1 rings (SSSR count). The van der Waals surface area contributed by atoms with Crippen LogP contribution in [0.5, 0.6) is 0 Å². The van der Waals surface area contributed by atoms with E-state index in [4.69, 9.17) is 4.74 Å². The van der Waals surface area contributed by atoms with Gasteiger partial charge in [0.1, 0.15) is 5.60 Å². The monoisotopic (exact) mass is 242 g/mol. The molecule has 0 saturated carbocycles. The van der Waals surface area contributed by atoms with Crippen molar-refractivity contribution < 1.29 is 9.53 Å². The summed E-state index contributed by atoms with van der Waals surface area (Å²) in [6.45, 7) is 11.8. The first-order valence-electron chi connectivity index (χ1n) is 6.60. The predicted molar refractivity (Wildman–Crippen MR) is 69.1 cm³/mol. The molecule has 1 amide bonds. The molecule has 1 heterocycles. The summed E-state index contributed by atoms with van der Waals surface area (Å²) in [7, 11) is 0. The summed E-state index contributed by atoms with van der Waals surface area (Å²) in [5.41, 5.74) is -0.412. The van der Waals surface area contributed by atoms with E-state index in [1.807, 2.05) is 20.8 Å². The Kier molecular flexibility index (Phi) is 5.25. The molecular formula is C13H26N2O2. The van der Waals surface area contributed by atoms with Gasteiger partial charge in [-0.1, -0.05) is 13.3 Å². The van der Waals surface area contributed by atoms with Gasteiger partial charge < -0.3 is 15.0 Å². The quantitative estimate of drug-likeness (QED) is 0.822. The Hall–Kier alpha value is -0.770. The smallest absolute Gasteiger partial charge is 0.407 e. The van der Waals surface area contributed by atoms with Crippen molar-refractivity contribution in [3.63, 3.8) is 0 Å². The van der Waals surface area contributed by atoms with E-state index < -0.39 is 5.60 Å². The van der Waals surface area contributed by atoms with Crippen molar-refractivity contribution in [2.75, 3.05) is 26.2 Å². The first-order chi connectivity index (χ1) is 7.90. The average Bonchev–Trinajstić information content (AvgIpc) is 2.63. The minimum Gasteiger partial charge on any atom is -0.444 e. The minimum atomic E-state index is -0.412. The van der Waals surface area contributed by atoms with Crippen LogP contribution in [0.25, 0.3) is 0 Å². The fourth-order valence-electron chi connectivity index (χ4n) is 2.08. The van der Waals surface area contributed by atoms with Crippen LogP contribution in [0.1, 0.15) is 40.5 Å². The van der Waals surface area contributed by atoms with Crippen LogP contribution < -0.4 is 5.32 Å². The number of rotatable bonds is 4. The van der Waals surface area contributed by atoms with E-state index in [1.54, 1.807) is 0 Å². The van der Waals surface area contributed by atoms with Gasteiger partial charge in [0.2, 0.25) is 0 Å². The Labute approximate surface area is 105 Å². The van der Waals surface area contributed by atoms with Crippen molar-refractivity contribution in [3.8, 4) is 0 Å². The molecule has 0 aromatic heterocycles. The maximum atomic E-state index is 11.4. The molecule has 4 heteroatoms. The summed E-state index contributed by atoms with van der Waals surface area (Å²) in [6.07, 6.45) is 2.24. The lowest BCUT2D eigenvalue weighted by molar-refractivity contribution is 0.0523. The van der Waals surface area contributed by atoms with Gasteiger partial charge in [-0.25, -0.2) is 4.79 Å². The van der Waals surface area contributed by atoms with Crippen LogP contribution in [0, 0.1) is 5.92 Å². The first kappa shape index (κ1) is 14.3. The number of amides is 1. The van der Waals surface area contributed by atoms with E-state index in [1.165, 1.54) is 19.4 Å². The summed E-state index contributed by atoms with van der Waals surface area (Å²) < 4.78 is 5.18. The average molecular weight is 242 g/mol. The molecule has 0 radical (unpaired) electrons. The van der Waals surface area contributed by atoms with Gasteiger partial charge in [0.15, 0.2) is 0 Å². The number of nitrogens with one attached hydrogen (secondary N) is 1. The van der Waals surface area contributed by atoms with E-state index in [2.05, 4.69) is 17.1 Å². The number of carbonyl (C=O) groups is 1. The third-order valence-electron chi connectivity index (χ3n) is 3.04. The molecule has 1 N–H and O–H groups in total. The third kappa shape index (κ3) is 5.91. The van der Waals surface area contributed by atoms with E-state index in [0.717, 1.165) is 19.0 Å². The molecule has 100 valence electrons. The maximum Gasteiger partial charge on any atom is 0.407 e. The van der Waals surface area contributed by atoms with E-state index in [9.17, 15) is 4.79 Å². The van der Waals surface area contributed by atoms with Crippen LogP contribution in [0.15, 0.2) is 0 Å². The molecule has 1 atom stereocenters. The second-order valence-electron chi connectivity index (χ2n) is 5.79. The summed E-state index contributed by atoms with van der Waals surface area (Å²) in [6, 6.07) is 0. The van der Waals surface area contributed by atoms with Crippen LogP contribution in [0.4, 0.5) is 4.79 Å². The van der Waals surface area contributed by atoms with Gasteiger partial charge in [-0.15, -0.1) is 0 Å². The zero-order valence-electron chi connectivity index (χ0n) is 11.6. The van der Waals surface area contributed by atoms with E-state index in [0.29, 0.717) is 6.54 Å². The second-order valence-corrected chi connectivity index (χ2v) is 5.79. The SMILES string of the molecule is CC[C@H]1CCN(CCNC(=O)OC(C)(C)C)C1. The molecule has 0 aromatic carbocycles. The van der Waals surface area contributed by atoms with Crippen LogP contribution in [0.3, 0.4) is 0 Å². The van der Waals surface area contributed by atoms with Gasteiger partial charge in [0, 0.05) is 19.6 Å². The molecule has 0 bridgehead atoms. The number of alkyl carbamates (subject to hydrolysis) is 1. The molecule has 1 fully saturated rings. The largest absolute Gasteiger partial charge is 0.444 e. The second kappa shape index (κ2) is 6.24. The number of likely N-dealkylation sites (tertiary alicyclic amines) is 1. The van der Waals surface area contributed by atoms with Gasteiger partial charge in [-0.3, -0.25) is 0 Å². The highest BCUT2D eigenvalue weighted by atomic mass is 16.6. The van der Waals surface area contributed by atoms with Crippen LogP contribution >= 0.6 is 0 Å². The lowest BCUT2D eigenvalue weighted by atomic mass is 10.1. The first-order valence-corrected chi connectivity index (χ1v) is 6.60. The number of nitrogens with zero attached hydrogens (tertiary/aromatic N) is 1. The van der Waals surface area contributed by atoms with Gasteiger partial charge >= 0.3 is 6.09 Å². The predicted octanol–water partition coefficient (Wildman–Crippen LogP) is 2.24. The maximum absolute atomic E-state index is 11.4. The Morgan fingerprint density at radius 1 is 1.47 bits per heavy atom. The van der Waals surface area contributed by atoms with Crippen LogP contribution in [-0.4, -0.2) is 42.8 Å². The molecule has 0 aliphatic carbocycles. The summed E-state index contributed by atoms with van der Waals surface area (Å²) >= 11 is 0. The van der Waals surface area contributed by atoms with Crippen molar-refractivity contribution in [2.45, 2.75) is 46.1 Å². The molecule has 1 aliphatic rings. The number of hydrogen-bond acceptors (Lipinski definition) is 3. The van der Waals surface area contributed by atoms with Crippen molar-refractivity contribution in [3.05, 3.63) is 0 Å². The fraction of sp³-hybridized carbons (Fsp3) is 0.923. The molecule has 0 unspecified atom stereocenters. The topological polar surface area (TPSA) is 41.6 Å². The molecule has 4 nitrogen and oxygen atoms in total. The highest BCUT2D eigenvalue weighted by molar-refractivity contribution is 5.67. The number of ether oxygens (including phenoxy) is 1. The van der Waals surface area contributed by atoms with Crippen LogP contribution in [0.2, 0.25) is 0 Å². The lowest BCUT2D eigenvalue weighted by Crippen LogP contribution is -2.37. The summed E-state index contributed by atoms with van der Waals surface area (Å²) in [5, 5.41) is 2.80. The standard InChI is InChI=1S/C13H26N2O2/c1-5-11-6-8-15(10-11)9-7-14-12(16)17-13(2,3)4/h11H,5-10H2,1-4H3,(H,14,16)/t11-/m0/s1. The molecule has 0 spiro atoms. The number of hydrogen-bond donors (Lipinski definition) is 1. The zero-order valence-corrected chi connectivity index (χ0v) is 11.6. The van der Waals surface area contributed by atoms with Crippen molar-refractivity contribution >= 4 is 6.09 Å². The zero-order chi connectivity index (χ0) is 12.9. The van der Waals surface area contributed by atoms with Crippen molar-refractivity contribution in [1.82, 2.24) is 10.2 Å². The molecule has 1 aliphatic heterocycles. The van der Waals surface area contributed by atoms with Gasteiger partial charge in [0.25, 0.3) is 0 Å². The highest BCUT2D eigenvalue weighted by Crippen LogP contribution is 2.18. The Balaban J connectivity index is 2.10. The third-order valence-corrected chi connectivity index (χ3v) is 3.04. The molecular weight excluding hydrogens is 216 g/mol. The molecule has 0 aromatic rings. The summed E-state index contributed by atoms with van der Waals surface area (Å²) in [5.74, 6) is 0.844. The van der Waals surface area contributed by atoms with Gasteiger partial charge in [-0.2, -0.15) is 0 Å². The fourth-order valence-corrected chi connectivity index (χ4v) is 2.08. The molecule has 17 heavy (non-hydrogen) atoms. The van der Waals surface area contributed by atoms with E-state index in [-0.39, 0.29) is 6.09 Å². The Morgan fingerprint density at radius 3 is 2.71 bits per heavy atom. The van der Waals surface area contributed by atoms with Crippen molar-refractivity contribution in [2.24, 2.45) is 5.92 Å². The minimum absolute atomic E-state index is 0.316. The van der Waals surface area contributed by atoms with Crippen LogP contribution in [-0.2, 0) is 4.74 Å².